The summed E-state index contributed by atoms with van der Waals surface area (Å²) in [6.45, 7) is 7.64. The fourth-order valence-electron chi connectivity index (χ4n) is 2.90. The van der Waals surface area contributed by atoms with Gasteiger partial charge in [0.1, 0.15) is 12.2 Å². The minimum Gasteiger partial charge on any atom is -0.460 e. The van der Waals surface area contributed by atoms with Crippen molar-refractivity contribution < 1.29 is 13.9 Å². The highest BCUT2D eigenvalue weighted by atomic mass is 16.5. The number of hydrogen-bond donors (Lipinski definition) is 0. The lowest BCUT2D eigenvalue weighted by Gasteiger charge is -2.23. The molecule has 0 saturated carbocycles. The Labute approximate surface area is 152 Å². The normalized spacial score (nSPS) is 11.5. The molecule has 0 radical (unpaired) electrons. The molecule has 0 bridgehead atoms. The van der Waals surface area contributed by atoms with Crippen molar-refractivity contribution in [2.75, 3.05) is 0 Å². The fourth-order valence-corrected chi connectivity index (χ4v) is 2.90. The monoisotopic (exact) mass is 350 g/mol. The molecule has 0 aliphatic heterocycles. The van der Waals surface area contributed by atoms with Gasteiger partial charge in [-0.2, -0.15) is 0 Å². The van der Waals surface area contributed by atoms with E-state index in [1.165, 1.54) is 6.07 Å². The van der Waals surface area contributed by atoms with Crippen LogP contribution in [0, 0.1) is 13.8 Å². The van der Waals surface area contributed by atoms with Crippen molar-refractivity contribution >= 4 is 16.9 Å². The average molecular weight is 350 g/mol. The van der Waals surface area contributed by atoms with Gasteiger partial charge in [0, 0.05) is 17.0 Å². The van der Waals surface area contributed by atoms with Crippen molar-refractivity contribution in [3.05, 3.63) is 81.2 Å². The molecule has 3 rings (SSSR count). The van der Waals surface area contributed by atoms with Crippen LogP contribution in [0.3, 0.4) is 0 Å². The second-order valence-electron chi connectivity index (χ2n) is 7.09. The van der Waals surface area contributed by atoms with Crippen LogP contribution in [0.25, 0.3) is 11.0 Å². The van der Waals surface area contributed by atoms with Crippen LogP contribution in [0.15, 0.2) is 57.7 Å². The molecular weight excluding hydrogens is 328 g/mol. The predicted molar refractivity (Wildman–Crippen MR) is 101 cm³/mol. The third kappa shape index (κ3) is 3.40. The number of carbonyl (C=O) groups is 1. The highest BCUT2D eigenvalue weighted by Gasteiger charge is 2.31. The van der Waals surface area contributed by atoms with Crippen molar-refractivity contribution in [3.8, 4) is 0 Å². The Morgan fingerprint density at radius 2 is 1.69 bits per heavy atom. The number of rotatable bonds is 4. The summed E-state index contributed by atoms with van der Waals surface area (Å²) >= 11 is 0. The smallest absolute Gasteiger partial charge is 0.336 e. The summed E-state index contributed by atoms with van der Waals surface area (Å²) in [5.41, 5.74) is 2.94. The lowest BCUT2D eigenvalue weighted by atomic mass is 9.85. The number of ether oxygens (including phenoxy) is 1. The summed E-state index contributed by atoms with van der Waals surface area (Å²) < 4.78 is 10.8. The molecule has 0 amide bonds. The summed E-state index contributed by atoms with van der Waals surface area (Å²) in [6.07, 6.45) is 0. The first-order chi connectivity index (χ1) is 12.3. The molecule has 0 atom stereocenters. The van der Waals surface area contributed by atoms with Crippen LogP contribution < -0.4 is 5.63 Å². The van der Waals surface area contributed by atoms with E-state index in [9.17, 15) is 9.59 Å². The van der Waals surface area contributed by atoms with E-state index in [1.54, 1.807) is 0 Å². The maximum Gasteiger partial charge on any atom is 0.336 e. The first kappa shape index (κ1) is 17.9. The van der Waals surface area contributed by atoms with Gasteiger partial charge >= 0.3 is 11.6 Å². The number of benzene rings is 2. The van der Waals surface area contributed by atoms with Crippen molar-refractivity contribution in [1.82, 2.24) is 0 Å². The Morgan fingerprint density at radius 1 is 1.04 bits per heavy atom. The van der Waals surface area contributed by atoms with Crippen molar-refractivity contribution in [3.63, 3.8) is 0 Å². The molecule has 134 valence electrons. The van der Waals surface area contributed by atoms with E-state index in [4.69, 9.17) is 9.15 Å². The summed E-state index contributed by atoms with van der Waals surface area (Å²) in [4.78, 5) is 24.5. The molecular formula is C22H22O4. The van der Waals surface area contributed by atoms with E-state index in [0.29, 0.717) is 11.1 Å². The molecule has 1 heterocycles. The van der Waals surface area contributed by atoms with Gasteiger partial charge in [-0.3, -0.25) is 4.79 Å². The lowest BCUT2D eigenvalue weighted by molar-refractivity contribution is -0.150. The zero-order valence-electron chi connectivity index (χ0n) is 15.5. The average Bonchev–Trinajstić information content (AvgIpc) is 2.61. The standard InChI is InChI=1S/C22H22O4/c1-14-10-18-16(12-20(23)26-19(18)11-15(14)2)13-25-21(24)22(3,4)17-8-6-5-7-9-17/h5-12H,13H2,1-4H3. The largest absolute Gasteiger partial charge is 0.460 e. The molecule has 0 saturated heterocycles. The minimum absolute atomic E-state index is 0.0275. The number of fused-ring (bicyclic) bond motifs is 1. The Hall–Kier alpha value is -2.88. The summed E-state index contributed by atoms with van der Waals surface area (Å²) in [5, 5.41) is 0.790. The van der Waals surface area contributed by atoms with Gasteiger partial charge in [0.15, 0.2) is 0 Å². The first-order valence-electron chi connectivity index (χ1n) is 8.56. The Balaban J connectivity index is 1.89. The minimum atomic E-state index is -0.775. The van der Waals surface area contributed by atoms with Crippen molar-refractivity contribution in [2.24, 2.45) is 0 Å². The zero-order chi connectivity index (χ0) is 18.9. The van der Waals surface area contributed by atoms with E-state index in [2.05, 4.69) is 0 Å². The summed E-state index contributed by atoms with van der Waals surface area (Å²) in [5.74, 6) is -0.339. The Bertz CT molecular complexity index is 1010. The quantitative estimate of drug-likeness (QED) is 0.516. The molecule has 4 nitrogen and oxygen atoms in total. The number of hydrogen-bond acceptors (Lipinski definition) is 4. The number of carbonyl (C=O) groups excluding carboxylic acids is 1. The molecule has 0 aliphatic carbocycles. The molecule has 0 aliphatic rings. The van der Waals surface area contributed by atoms with Crippen LogP contribution in [-0.2, 0) is 21.6 Å². The van der Waals surface area contributed by atoms with Crippen molar-refractivity contribution in [2.45, 2.75) is 39.7 Å². The highest BCUT2D eigenvalue weighted by Crippen LogP contribution is 2.26. The van der Waals surface area contributed by atoms with Crippen LogP contribution in [-0.4, -0.2) is 5.97 Å². The van der Waals surface area contributed by atoms with Gasteiger partial charge in [-0.25, -0.2) is 4.79 Å². The maximum atomic E-state index is 12.7. The zero-order valence-corrected chi connectivity index (χ0v) is 15.5. The topological polar surface area (TPSA) is 56.5 Å². The predicted octanol–water partition coefficient (Wildman–Crippen LogP) is 4.43. The van der Waals surface area contributed by atoms with Gasteiger partial charge in [-0.15, -0.1) is 0 Å². The molecule has 3 aromatic rings. The van der Waals surface area contributed by atoms with Crippen molar-refractivity contribution in [1.29, 1.82) is 0 Å². The third-order valence-electron chi connectivity index (χ3n) is 4.81. The van der Waals surface area contributed by atoms with Crippen LogP contribution in [0.5, 0.6) is 0 Å². The molecule has 26 heavy (non-hydrogen) atoms. The number of esters is 1. The van der Waals surface area contributed by atoms with E-state index in [-0.39, 0.29) is 12.6 Å². The Morgan fingerprint density at radius 3 is 2.38 bits per heavy atom. The molecule has 0 fully saturated rings. The van der Waals surface area contributed by atoms with E-state index in [1.807, 2.05) is 70.2 Å². The fraction of sp³-hybridized carbons (Fsp3) is 0.273. The van der Waals surface area contributed by atoms with Gasteiger partial charge in [0.25, 0.3) is 0 Å². The van der Waals surface area contributed by atoms with Crippen LogP contribution >= 0.6 is 0 Å². The van der Waals surface area contributed by atoms with Gasteiger partial charge in [-0.1, -0.05) is 30.3 Å². The first-order valence-corrected chi connectivity index (χ1v) is 8.56. The highest BCUT2D eigenvalue weighted by molar-refractivity contribution is 5.84. The van der Waals surface area contributed by atoms with E-state index in [0.717, 1.165) is 22.1 Å². The lowest BCUT2D eigenvalue weighted by Crippen LogP contribution is -2.31. The van der Waals surface area contributed by atoms with Crippen LogP contribution in [0.4, 0.5) is 0 Å². The number of aryl methyl sites for hydroxylation is 2. The van der Waals surface area contributed by atoms with Gasteiger partial charge < -0.3 is 9.15 Å². The van der Waals surface area contributed by atoms with E-state index < -0.39 is 11.0 Å². The maximum absolute atomic E-state index is 12.7. The molecule has 0 unspecified atom stereocenters. The SMILES string of the molecule is Cc1cc2oc(=O)cc(COC(=O)C(C)(C)c3ccccc3)c2cc1C. The third-order valence-corrected chi connectivity index (χ3v) is 4.81. The molecule has 1 aromatic heterocycles. The molecule has 0 N–H and O–H groups in total. The van der Waals surface area contributed by atoms with Gasteiger partial charge in [-0.05, 0) is 56.5 Å². The van der Waals surface area contributed by atoms with Gasteiger partial charge in [0.2, 0.25) is 0 Å². The van der Waals surface area contributed by atoms with Crippen LogP contribution in [0.2, 0.25) is 0 Å². The van der Waals surface area contributed by atoms with E-state index >= 15 is 0 Å². The van der Waals surface area contributed by atoms with Gasteiger partial charge in [0.05, 0.1) is 5.41 Å². The second kappa shape index (κ2) is 6.79. The molecule has 0 spiro atoms. The second-order valence-corrected chi connectivity index (χ2v) is 7.09. The molecule has 4 heteroatoms. The Kier molecular flexibility index (Phi) is 4.68. The summed E-state index contributed by atoms with van der Waals surface area (Å²) in [6, 6.07) is 14.7. The molecule has 2 aromatic carbocycles. The van der Waals surface area contributed by atoms with Crippen LogP contribution in [0.1, 0.15) is 36.1 Å². The summed E-state index contributed by atoms with van der Waals surface area (Å²) in [7, 11) is 0.